The molecule has 0 aliphatic carbocycles. The first-order valence-corrected chi connectivity index (χ1v) is 8.37. The van der Waals surface area contributed by atoms with Gasteiger partial charge in [-0.05, 0) is 25.0 Å². The van der Waals surface area contributed by atoms with Crippen LogP contribution in [0.1, 0.15) is 25.7 Å². The van der Waals surface area contributed by atoms with E-state index in [-0.39, 0.29) is 16.3 Å². The van der Waals surface area contributed by atoms with Crippen LogP contribution < -0.4 is 5.32 Å². The molecule has 1 aromatic rings. The smallest absolute Gasteiger partial charge is 0.292 e. The molecule has 1 aromatic carbocycles. The van der Waals surface area contributed by atoms with Gasteiger partial charge in [0, 0.05) is 26.2 Å². The average Bonchev–Trinajstić information content (AvgIpc) is 2.75. The van der Waals surface area contributed by atoms with Crippen LogP contribution in [0.2, 0.25) is 0 Å². The van der Waals surface area contributed by atoms with E-state index in [4.69, 9.17) is 0 Å². The van der Waals surface area contributed by atoms with E-state index in [1.807, 2.05) is 0 Å². The Labute approximate surface area is 124 Å². The lowest BCUT2D eigenvalue weighted by Crippen LogP contribution is -2.32. The van der Waals surface area contributed by atoms with E-state index in [9.17, 15) is 18.5 Å². The number of benzene rings is 1. The number of nitrogens with zero attached hydrogens (tertiary/aromatic N) is 2. The lowest BCUT2D eigenvalue weighted by Gasteiger charge is -2.20. The standard InChI is InChI=1S/C13H19N3O4S/c1-14-12-10-11(6-7-13(12)16(17)18)21(19,20)15-8-4-2-3-5-9-15/h6-7,10,14H,2-5,8-9H2,1H3. The minimum Gasteiger partial charge on any atom is -0.383 e. The molecule has 0 spiro atoms. The second-order valence-corrected chi connectivity index (χ2v) is 6.94. The molecule has 0 atom stereocenters. The van der Waals surface area contributed by atoms with Crippen LogP contribution in [0.5, 0.6) is 0 Å². The molecule has 1 N–H and O–H groups in total. The fourth-order valence-electron chi connectivity index (χ4n) is 2.47. The molecule has 1 fully saturated rings. The molecule has 8 heteroatoms. The predicted molar refractivity (Wildman–Crippen MR) is 79.9 cm³/mol. The Morgan fingerprint density at radius 3 is 2.33 bits per heavy atom. The largest absolute Gasteiger partial charge is 0.383 e. The van der Waals surface area contributed by atoms with E-state index < -0.39 is 14.9 Å². The van der Waals surface area contributed by atoms with E-state index in [0.29, 0.717) is 13.1 Å². The average molecular weight is 313 g/mol. The number of nitro benzene ring substituents is 1. The molecule has 1 aliphatic rings. The van der Waals surface area contributed by atoms with E-state index in [2.05, 4.69) is 5.32 Å². The quantitative estimate of drug-likeness (QED) is 0.679. The highest BCUT2D eigenvalue weighted by molar-refractivity contribution is 7.89. The molecule has 0 aromatic heterocycles. The molecule has 1 aliphatic heterocycles. The molecule has 0 radical (unpaired) electrons. The highest BCUT2D eigenvalue weighted by Gasteiger charge is 2.27. The van der Waals surface area contributed by atoms with E-state index >= 15 is 0 Å². The summed E-state index contributed by atoms with van der Waals surface area (Å²) in [5.41, 5.74) is 0.0724. The maximum absolute atomic E-state index is 12.6. The summed E-state index contributed by atoms with van der Waals surface area (Å²) in [7, 11) is -2.06. The van der Waals surface area contributed by atoms with Gasteiger partial charge in [0.25, 0.3) is 5.69 Å². The summed E-state index contributed by atoms with van der Waals surface area (Å²) in [5, 5.41) is 13.6. The van der Waals surface area contributed by atoms with Gasteiger partial charge in [-0.1, -0.05) is 12.8 Å². The highest BCUT2D eigenvalue weighted by Crippen LogP contribution is 2.29. The Hall–Kier alpha value is -1.67. The molecule has 0 saturated carbocycles. The zero-order chi connectivity index (χ0) is 15.5. The van der Waals surface area contributed by atoms with Gasteiger partial charge in [-0.2, -0.15) is 4.31 Å². The zero-order valence-electron chi connectivity index (χ0n) is 11.9. The molecule has 21 heavy (non-hydrogen) atoms. The Bertz CT molecular complexity index is 622. The topological polar surface area (TPSA) is 92.6 Å². The van der Waals surface area contributed by atoms with E-state index in [1.165, 1.54) is 29.6 Å². The number of rotatable bonds is 4. The highest BCUT2D eigenvalue weighted by atomic mass is 32.2. The van der Waals surface area contributed by atoms with Crippen LogP contribution in [-0.4, -0.2) is 37.8 Å². The summed E-state index contributed by atoms with van der Waals surface area (Å²) in [6.45, 7) is 1.02. The van der Waals surface area contributed by atoms with Crippen molar-refractivity contribution < 1.29 is 13.3 Å². The molecule has 116 valence electrons. The second-order valence-electron chi connectivity index (χ2n) is 5.00. The first-order chi connectivity index (χ1) is 9.96. The fraction of sp³-hybridized carbons (Fsp3) is 0.538. The number of sulfonamides is 1. The van der Waals surface area contributed by atoms with Gasteiger partial charge in [-0.15, -0.1) is 0 Å². The third-order valence-corrected chi connectivity index (χ3v) is 5.53. The Kier molecular flexibility index (Phi) is 4.79. The van der Waals surface area contributed by atoms with Gasteiger partial charge in [-0.3, -0.25) is 10.1 Å². The van der Waals surface area contributed by atoms with Crippen LogP contribution in [0.25, 0.3) is 0 Å². The number of hydrogen-bond acceptors (Lipinski definition) is 5. The van der Waals surface area contributed by atoms with Crippen molar-refractivity contribution in [1.29, 1.82) is 0 Å². The van der Waals surface area contributed by atoms with Gasteiger partial charge in [0.05, 0.1) is 9.82 Å². The molecular weight excluding hydrogens is 294 g/mol. The van der Waals surface area contributed by atoms with Crippen molar-refractivity contribution in [3.05, 3.63) is 28.3 Å². The summed E-state index contributed by atoms with van der Waals surface area (Å²) in [5.74, 6) is 0. The maximum atomic E-state index is 12.6. The second kappa shape index (κ2) is 6.40. The first kappa shape index (κ1) is 15.7. The summed E-state index contributed by atoms with van der Waals surface area (Å²) in [6, 6.07) is 3.87. The normalized spacial score (nSPS) is 17.2. The lowest BCUT2D eigenvalue weighted by molar-refractivity contribution is -0.384. The van der Waals surface area contributed by atoms with Crippen molar-refractivity contribution in [2.45, 2.75) is 30.6 Å². The number of anilines is 1. The fourth-order valence-corrected chi connectivity index (χ4v) is 4.01. The molecule has 1 saturated heterocycles. The summed E-state index contributed by atoms with van der Waals surface area (Å²) in [4.78, 5) is 10.5. The number of nitrogens with one attached hydrogen (secondary N) is 1. The third kappa shape index (κ3) is 3.33. The van der Waals surface area contributed by atoms with Crippen LogP contribution in [0, 0.1) is 10.1 Å². The minimum atomic E-state index is -3.59. The van der Waals surface area contributed by atoms with Crippen LogP contribution in [-0.2, 0) is 10.0 Å². The van der Waals surface area contributed by atoms with Crippen LogP contribution in [0.4, 0.5) is 11.4 Å². The third-order valence-electron chi connectivity index (χ3n) is 3.64. The lowest BCUT2D eigenvalue weighted by atomic mass is 10.2. The van der Waals surface area contributed by atoms with Gasteiger partial charge in [0.15, 0.2) is 0 Å². The van der Waals surface area contributed by atoms with Gasteiger partial charge in [-0.25, -0.2) is 8.42 Å². The number of hydrogen-bond donors (Lipinski definition) is 1. The molecular formula is C13H19N3O4S. The van der Waals surface area contributed by atoms with Crippen molar-refractivity contribution in [3.8, 4) is 0 Å². The van der Waals surface area contributed by atoms with Gasteiger partial charge in [0.1, 0.15) is 5.69 Å². The zero-order valence-corrected chi connectivity index (χ0v) is 12.7. The number of nitro groups is 1. The summed E-state index contributed by atoms with van der Waals surface area (Å²) >= 11 is 0. The Morgan fingerprint density at radius 1 is 1.19 bits per heavy atom. The molecule has 7 nitrogen and oxygen atoms in total. The molecule has 0 unspecified atom stereocenters. The van der Waals surface area contributed by atoms with Crippen molar-refractivity contribution in [1.82, 2.24) is 4.31 Å². The van der Waals surface area contributed by atoms with E-state index in [0.717, 1.165) is 25.7 Å². The van der Waals surface area contributed by atoms with E-state index in [1.54, 1.807) is 0 Å². The van der Waals surface area contributed by atoms with Crippen molar-refractivity contribution in [3.63, 3.8) is 0 Å². The van der Waals surface area contributed by atoms with Crippen LogP contribution in [0.15, 0.2) is 23.1 Å². The maximum Gasteiger partial charge on any atom is 0.292 e. The first-order valence-electron chi connectivity index (χ1n) is 6.93. The molecule has 0 bridgehead atoms. The Morgan fingerprint density at radius 2 is 1.81 bits per heavy atom. The van der Waals surface area contributed by atoms with Crippen molar-refractivity contribution in [2.75, 3.05) is 25.5 Å². The summed E-state index contributed by atoms with van der Waals surface area (Å²) < 4.78 is 26.7. The summed E-state index contributed by atoms with van der Waals surface area (Å²) in [6.07, 6.45) is 3.78. The molecule has 0 amide bonds. The molecule has 2 rings (SSSR count). The van der Waals surface area contributed by atoms with Gasteiger partial charge < -0.3 is 5.32 Å². The Balaban J connectivity index is 2.37. The van der Waals surface area contributed by atoms with Crippen LogP contribution in [0.3, 0.4) is 0 Å². The monoisotopic (exact) mass is 313 g/mol. The van der Waals surface area contributed by atoms with Gasteiger partial charge in [0.2, 0.25) is 10.0 Å². The van der Waals surface area contributed by atoms with Crippen LogP contribution >= 0.6 is 0 Å². The minimum absolute atomic E-state index is 0.0966. The van der Waals surface area contributed by atoms with Gasteiger partial charge >= 0.3 is 0 Å². The van der Waals surface area contributed by atoms with Crippen molar-refractivity contribution in [2.24, 2.45) is 0 Å². The molecule has 1 heterocycles. The predicted octanol–water partition coefficient (Wildman–Crippen LogP) is 2.20. The SMILES string of the molecule is CNc1cc(S(=O)(=O)N2CCCCCC2)ccc1[N+](=O)[O-]. The van der Waals surface area contributed by atoms with Crippen molar-refractivity contribution >= 4 is 21.4 Å².